The minimum atomic E-state index is -3.06. The molecule has 0 aromatic heterocycles. The maximum atomic E-state index is 12.2. The first-order chi connectivity index (χ1) is 13.2. The van der Waals surface area contributed by atoms with Crippen LogP contribution in [0.3, 0.4) is 0 Å². The smallest absolute Gasteiger partial charge is 0.193 e. The van der Waals surface area contributed by atoms with Crippen molar-refractivity contribution in [1.82, 2.24) is 10.2 Å². The van der Waals surface area contributed by atoms with E-state index in [1.54, 1.807) is 28.1 Å². The van der Waals surface area contributed by atoms with Crippen molar-refractivity contribution in [2.45, 2.75) is 38.4 Å². The summed E-state index contributed by atoms with van der Waals surface area (Å²) in [6, 6.07) is 5.94. The van der Waals surface area contributed by atoms with Crippen LogP contribution in [-0.2, 0) is 16.3 Å². The summed E-state index contributed by atoms with van der Waals surface area (Å²) in [6.07, 6.45) is 1.77. The average Bonchev–Trinajstić information content (AvgIpc) is 2.66. The third-order valence-electron chi connectivity index (χ3n) is 5.01. The van der Waals surface area contributed by atoms with Gasteiger partial charge in [0.05, 0.1) is 24.7 Å². The molecule has 1 fully saturated rings. The fraction of sp³-hybridized carbons (Fsp3) is 0.650. The molecule has 1 aliphatic rings. The summed E-state index contributed by atoms with van der Waals surface area (Å²) in [7, 11) is 0.198. The molecule has 0 bridgehead atoms. The van der Waals surface area contributed by atoms with Gasteiger partial charge in [-0.3, -0.25) is 4.99 Å². The van der Waals surface area contributed by atoms with Gasteiger partial charge < -0.3 is 19.7 Å². The highest BCUT2D eigenvalue weighted by molar-refractivity contribution is 14.0. The van der Waals surface area contributed by atoms with Gasteiger partial charge in [0.15, 0.2) is 27.3 Å². The lowest BCUT2D eigenvalue weighted by atomic mass is 10.1. The van der Waals surface area contributed by atoms with Gasteiger partial charge in [0.1, 0.15) is 0 Å². The molecule has 0 spiro atoms. The molecule has 1 N–H and O–H groups in total. The van der Waals surface area contributed by atoms with Crippen LogP contribution in [0, 0.1) is 0 Å². The number of aliphatic imine (C=N–C) groups is 1. The first kappa shape index (κ1) is 25.8. The number of guanidine groups is 1. The van der Waals surface area contributed by atoms with Crippen molar-refractivity contribution < 1.29 is 17.9 Å². The predicted molar refractivity (Wildman–Crippen MR) is 129 cm³/mol. The molecule has 0 unspecified atom stereocenters. The van der Waals surface area contributed by atoms with Crippen LogP contribution in [0.2, 0.25) is 0 Å². The molecule has 29 heavy (non-hydrogen) atoms. The van der Waals surface area contributed by atoms with Crippen molar-refractivity contribution >= 4 is 39.8 Å². The Morgan fingerprint density at radius 3 is 2.52 bits per heavy atom. The lowest BCUT2D eigenvalue weighted by molar-refractivity contribution is 0.353. The Labute approximate surface area is 192 Å². The lowest BCUT2D eigenvalue weighted by Crippen LogP contribution is -2.57. The third kappa shape index (κ3) is 6.63. The summed E-state index contributed by atoms with van der Waals surface area (Å²) in [4.78, 5) is 6.78. The second-order valence-electron chi connectivity index (χ2n) is 7.53. The molecule has 1 aromatic carbocycles. The molecule has 1 aromatic rings. The average molecular weight is 539 g/mol. The van der Waals surface area contributed by atoms with Gasteiger partial charge in [-0.2, -0.15) is 0 Å². The highest BCUT2D eigenvalue weighted by atomic mass is 127. The minimum Gasteiger partial charge on any atom is -0.493 e. The van der Waals surface area contributed by atoms with Crippen LogP contribution >= 0.6 is 24.0 Å². The molecular formula is C20H34IN3O4S. The summed E-state index contributed by atoms with van der Waals surface area (Å²) >= 11 is 0. The molecule has 7 nitrogen and oxygen atoms in total. The van der Waals surface area contributed by atoms with E-state index in [0.717, 1.165) is 36.8 Å². The van der Waals surface area contributed by atoms with Crippen molar-refractivity contribution in [2.75, 3.05) is 46.2 Å². The van der Waals surface area contributed by atoms with Crippen LogP contribution in [0.1, 0.15) is 32.8 Å². The number of methoxy groups -OCH3 is 2. The first-order valence-electron chi connectivity index (χ1n) is 9.70. The summed E-state index contributed by atoms with van der Waals surface area (Å²) in [5.74, 6) is 2.41. The van der Waals surface area contributed by atoms with Gasteiger partial charge >= 0.3 is 0 Å². The second-order valence-corrected chi connectivity index (χ2v) is 10.3. The number of nitrogens with one attached hydrogen (secondary N) is 1. The van der Waals surface area contributed by atoms with Crippen LogP contribution in [0.4, 0.5) is 0 Å². The van der Waals surface area contributed by atoms with Crippen molar-refractivity contribution in [3.05, 3.63) is 23.8 Å². The van der Waals surface area contributed by atoms with E-state index in [2.05, 4.69) is 10.2 Å². The van der Waals surface area contributed by atoms with Gasteiger partial charge in [-0.05, 0) is 51.3 Å². The molecular weight excluding hydrogens is 505 g/mol. The van der Waals surface area contributed by atoms with E-state index in [4.69, 9.17) is 14.5 Å². The Morgan fingerprint density at radius 1 is 1.24 bits per heavy atom. The van der Waals surface area contributed by atoms with Crippen molar-refractivity contribution in [3.8, 4) is 11.5 Å². The number of nitrogens with zero attached hydrogens (tertiary/aromatic N) is 2. The Kier molecular flexibility index (Phi) is 10.0. The van der Waals surface area contributed by atoms with Gasteiger partial charge in [0.25, 0.3) is 0 Å². The summed E-state index contributed by atoms with van der Waals surface area (Å²) in [5.41, 5.74) is 1.17. The number of hydrogen-bond donors (Lipinski definition) is 1. The Hall–Kier alpha value is -1.23. The van der Waals surface area contributed by atoms with Gasteiger partial charge in [0, 0.05) is 26.2 Å². The van der Waals surface area contributed by atoms with E-state index in [9.17, 15) is 8.42 Å². The molecule has 2 rings (SSSR count). The predicted octanol–water partition coefficient (Wildman–Crippen LogP) is 2.73. The number of benzene rings is 1. The third-order valence-corrected chi connectivity index (χ3v) is 7.54. The van der Waals surface area contributed by atoms with Gasteiger partial charge in [-0.15, -0.1) is 24.0 Å². The van der Waals surface area contributed by atoms with E-state index in [-0.39, 0.29) is 29.7 Å². The van der Waals surface area contributed by atoms with Crippen LogP contribution in [0.25, 0.3) is 0 Å². The molecule has 0 aliphatic carbocycles. The molecule has 1 saturated heterocycles. The number of halogens is 1. The maximum absolute atomic E-state index is 12.2. The van der Waals surface area contributed by atoms with E-state index in [1.165, 1.54) is 5.56 Å². The zero-order valence-corrected chi connectivity index (χ0v) is 21.2. The lowest BCUT2D eigenvalue weighted by Gasteiger charge is -2.39. The van der Waals surface area contributed by atoms with Crippen molar-refractivity contribution in [1.29, 1.82) is 0 Å². The van der Waals surface area contributed by atoms with E-state index < -0.39 is 14.6 Å². The number of aryl methyl sites for hydroxylation is 1. The molecule has 0 amide bonds. The minimum absolute atomic E-state index is 0. The van der Waals surface area contributed by atoms with Gasteiger partial charge in [-0.25, -0.2) is 8.42 Å². The topological polar surface area (TPSA) is 80.2 Å². The Balaban J connectivity index is 0.00000420. The highest BCUT2D eigenvalue weighted by Crippen LogP contribution is 2.28. The van der Waals surface area contributed by atoms with Crippen LogP contribution in [0.15, 0.2) is 23.2 Å². The Bertz CT molecular complexity index is 797. The largest absolute Gasteiger partial charge is 0.493 e. The Morgan fingerprint density at radius 2 is 1.93 bits per heavy atom. The van der Waals surface area contributed by atoms with Crippen molar-refractivity contribution in [3.63, 3.8) is 0 Å². The first-order valence-corrected chi connectivity index (χ1v) is 11.4. The standard InChI is InChI=1S/C20H33N3O4S.HI/c1-6-21-19(23-12-13-28(24,25)20(2,3)15-23)22-11-7-8-16-9-10-17(26-4)18(14-16)27-5;/h9-10,14H,6-8,11-13,15H2,1-5H3,(H,21,22);1H. The number of hydrogen-bond acceptors (Lipinski definition) is 5. The van der Waals surface area contributed by atoms with Crippen molar-refractivity contribution in [2.24, 2.45) is 4.99 Å². The molecule has 0 radical (unpaired) electrons. The number of rotatable bonds is 7. The fourth-order valence-corrected chi connectivity index (χ4v) is 4.62. The fourth-order valence-electron chi connectivity index (χ4n) is 3.25. The SMILES string of the molecule is CCNC(=NCCCc1ccc(OC)c(OC)c1)N1CCS(=O)(=O)C(C)(C)C1.I. The van der Waals surface area contributed by atoms with Gasteiger partial charge in [0.2, 0.25) is 0 Å². The molecule has 9 heteroatoms. The normalized spacial score (nSPS) is 18.0. The van der Waals surface area contributed by atoms with Crippen LogP contribution < -0.4 is 14.8 Å². The van der Waals surface area contributed by atoms with E-state index >= 15 is 0 Å². The van der Waals surface area contributed by atoms with E-state index in [0.29, 0.717) is 19.6 Å². The molecule has 166 valence electrons. The molecule has 0 atom stereocenters. The second kappa shape index (κ2) is 11.2. The summed E-state index contributed by atoms with van der Waals surface area (Å²) < 4.78 is 34.3. The maximum Gasteiger partial charge on any atom is 0.193 e. The monoisotopic (exact) mass is 539 g/mol. The summed E-state index contributed by atoms with van der Waals surface area (Å²) in [5, 5.41) is 3.29. The van der Waals surface area contributed by atoms with Crippen LogP contribution in [-0.4, -0.2) is 70.2 Å². The zero-order chi connectivity index (χ0) is 20.8. The van der Waals surface area contributed by atoms with Crippen LogP contribution in [0.5, 0.6) is 11.5 Å². The molecule has 1 aliphatic heterocycles. The highest BCUT2D eigenvalue weighted by Gasteiger charge is 2.40. The number of ether oxygens (including phenoxy) is 2. The molecule has 1 heterocycles. The zero-order valence-electron chi connectivity index (χ0n) is 18.0. The van der Waals surface area contributed by atoms with E-state index in [1.807, 2.05) is 25.1 Å². The summed E-state index contributed by atoms with van der Waals surface area (Å²) in [6.45, 7) is 7.94. The van der Waals surface area contributed by atoms with Gasteiger partial charge in [-0.1, -0.05) is 6.07 Å². The quantitative estimate of drug-likeness (QED) is 0.249. The molecule has 0 saturated carbocycles. The number of sulfone groups is 1.